The Bertz CT molecular complexity index is 843. The van der Waals surface area contributed by atoms with E-state index in [1.54, 1.807) is 42.5 Å². The summed E-state index contributed by atoms with van der Waals surface area (Å²) in [5, 5.41) is 9.83. The van der Waals surface area contributed by atoms with Crippen LogP contribution in [0.25, 0.3) is 10.2 Å². The molecule has 0 amide bonds. The number of fused-ring (bicyclic) bond motifs is 1. The van der Waals surface area contributed by atoms with Crippen molar-refractivity contribution in [3.8, 4) is 0 Å². The van der Waals surface area contributed by atoms with Gasteiger partial charge in [0.05, 0.1) is 16.6 Å². The summed E-state index contributed by atoms with van der Waals surface area (Å²) in [4.78, 5) is 16.1. The van der Waals surface area contributed by atoms with E-state index in [1.165, 1.54) is 12.1 Å². The van der Waals surface area contributed by atoms with Crippen molar-refractivity contribution < 1.29 is 23.1 Å². The van der Waals surface area contributed by atoms with E-state index in [4.69, 9.17) is 0 Å². The summed E-state index contributed by atoms with van der Waals surface area (Å²) in [5.41, 5.74) is -2.85. The third-order valence-electron chi connectivity index (χ3n) is 3.63. The molecule has 2 aromatic carbocycles. The average Bonchev–Trinajstić information content (AvgIpc) is 2.99. The van der Waals surface area contributed by atoms with Gasteiger partial charge in [-0.3, -0.25) is 4.79 Å². The molecule has 3 nitrogen and oxygen atoms in total. The van der Waals surface area contributed by atoms with E-state index in [2.05, 4.69) is 4.98 Å². The third kappa shape index (κ3) is 2.92. The van der Waals surface area contributed by atoms with Crippen molar-refractivity contribution in [3.63, 3.8) is 0 Å². The Kier molecular flexibility index (Phi) is 4.15. The van der Waals surface area contributed by atoms with Crippen molar-refractivity contribution in [2.24, 2.45) is 0 Å². The van der Waals surface area contributed by atoms with Gasteiger partial charge in [0.15, 0.2) is 5.78 Å². The van der Waals surface area contributed by atoms with Crippen molar-refractivity contribution in [2.45, 2.75) is 18.2 Å². The summed E-state index contributed by atoms with van der Waals surface area (Å²) in [7, 11) is 0. The van der Waals surface area contributed by atoms with E-state index in [1.807, 2.05) is 0 Å². The molecule has 0 bridgehead atoms. The van der Waals surface area contributed by atoms with E-state index in [9.17, 15) is 23.1 Å². The highest BCUT2D eigenvalue weighted by Gasteiger charge is 2.58. The summed E-state index contributed by atoms with van der Waals surface area (Å²) in [6.07, 6.45) is -6.13. The second-order valence-corrected chi connectivity index (χ2v) is 6.34. The standard InChI is InChI=1S/C17H12F3NO2S/c18-17(19,20)16(23,10-13(22)11-6-2-1-3-7-11)15-21-12-8-4-5-9-14(12)24-15/h1-9,23H,10H2/t16-/m0/s1. The minimum Gasteiger partial charge on any atom is -0.374 e. The summed E-state index contributed by atoms with van der Waals surface area (Å²) < 4.78 is 41.2. The van der Waals surface area contributed by atoms with E-state index >= 15 is 0 Å². The van der Waals surface area contributed by atoms with Crippen LogP contribution in [0.2, 0.25) is 0 Å². The fraction of sp³-hybridized carbons (Fsp3) is 0.176. The van der Waals surface area contributed by atoms with Crippen LogP contribution >= 0.6 is 11.3 Å². The van der Waals surface area contributed by atoms with Crippen LogP contribution in [0.15, 0.2) is 54.6 Å². The summed E-state index contributed by atoms with van der Waals surface area (Å²) in [6, 6.07) is 14.1. The molecular formula is C17H12F3NO2S. The number of nitrogens with zero attached hydrogens (tertiary/aromatic N) is 1. The predicted molar refractivity (Wildman–Crippen MR) is 85.0 cm³/mol. The Morgan fingerprint density at radius 1 is 1.04 bits per heavy atom. The summed E-state index contributed by atoms with van der Waals surface area (Å²) in [5.74, 6) is -0.797. The molecule has 0 radical (unpaired) electrons. The second kappa shape index (κ2) is 5.99. The van der Waals surface area contributed by atoms with Gasteiger partial charge in [-0.1, -0.05) is 42.5 Å². The van der Waals surface area contributed by atoms with Crippen molar-refractivity contribution in [1.82, 2.24) is 4.98 Å². The highest BCUT2D eigenvalue weighted by molar-refractivity contribution is 7.18. The van der Waals surface area contributed by atoms with Gasteiger partial charge < -0.3 is 5.11 Å². The Morgan fingerprint density at radius 2 is 1.67 bits per heavy atom. The van der Waals surface area contributed by atoms with Crippen molar-refractivity contribution in [3.05, 3.63) is 65.2 Å². The van der Waals surface area contributed by atoms with Gasteiger partial charge in [0, 0.05) is 5.56 Å². The lowest BCUT2D eigenvalue weighted by molar-refractivity contribution is -0.264. The molecule has 24 heavy (non-hydrogen) atoms. The molecule has 0 saturated heterocycles. The first kappa shape index (κ1) is 16.6. The van der Waals surface area contributed by atoms with Gasteiger partial charge >= 0.3 is 6.18 Å². The highest BCUT2D eigenvalue weighted by Crippen LogP contribution is 2.44. The van der Waals surface area contributed by atoms with Gasteiger partial charge in [-0.05, 0) is 12.1 Å². The lowest BCUT2D eigenvalue weighted by atomic mass is 9.93. The Balaban J connectivity index is 2.03. The molecule has 0 unspecified atom stereocenters. The Labute approximate surface area is 139 Å². The lowest BCUT2D eigenvalue weighted by Crippen LogP contribution is -2.44. The molecule has 1 N–H and O–H groups in total. The molecule has 3 aromatic rings. The molecule has 1 heterocycles. The zero-order valence-electron chi connectivity index (χ0n) is 12.2. The lowest BCUT2D eigenvalue weighted by Gasteiger charge is -2.27. The normalized spacial score (nSPS) is 14.5. The first-order valence-corrected chi connectivity index (χ1v) is 7.86. The molecule has 3 rings (SSSR count). The first-order chi connectivity index (χ1) is 11.3. The number of aromatic nitrogens is 1. The molecule has 0 saturated carbocycles. The third-order valence-corrected chi connectivity index (χ3v) is 4.82. The number of thiazole rings is 1. The highest BCUT2D eigenvalue weighted by atomic mass is 32.1. The van der Waals surface area contributed by atoms with Crippen molar-refractivity contribution in [2.75, 3.05) is 0 Å². The molecule has 7 heteroatoms. The maximum atomic E-state index is 13.6. The Hall–Kier alpha value is -2.25. The number of ketones is 1. The second-order valence-electron chi connectivity index (χ2n) is 5.31. The van der Waals surface area contributed by atoms with Crippen LogP contribution < -0.4 is 0 Å². The first-order valence-electron chi connectivity index (χ1n) is 7.05. The maximum Gasteiger partial charge on any atom is 0.424 e. The number of rotatable bonds is 4. The fourth-order valence-corrected chi connectivity index (χ4v) is 3.38. The maximum absolute atomic E-state index is 13.6. The van der Waals surface area contributed by atoms with E-state index in [-0.39, 0.29) is 5.56 Å². The quantitative estimate of drug-likeness (QED) is 0.712. The average molecular weight is 351 g/mol. The van der Waals surface area contributed by atoms with Crippen LogP contribution in [-0.2, 0) is 5.60 Å². The summed E-state index contributed by atoms with van der Waals surface area (Å²) >= 11 is 0.735. The summed E-state index contributed by atoms with van der Waals surface area (Å²) in [6.45, 7) is 0. The van der Waals surface area contributed by atoms with E-state index in [0.29, 0.717) is 10.2 Å². The molecule has 124 valence electrons. The van der Waals surface area contributed by atoms with E-state index < -0.39 is 29.0 Å². The van der Waals surface area contributed by atoms with Crippen LogP contribution in [0.3, 0.4) is 0 Å². The van der Waals surface area contributed by atoms with E-state index in [0.717, 1.165) is 11.3 Å². The molecule has 0 spiro atoms. The zero-order chi connectivity index (χ0) is 17.4. The number of para-hydroxylation sites is 1. The molecule has 0 fully saturated rings. The molecule has 0 aliphatic heterocycles. The number of halogens is 3. The van der Waals surface area contributed by atoms with Gasteiger partial charge in [-0.25, -0.2) is 4.98 Å². The minimum atomic E-state index is -5.02. The van der Waals surface area contributed by atoms with Crippen LogP contribution in [0.4, 0.5) is 13.2 Å². The smallest absolute Gasteiger partial charge is 0.374 e. The number of carbonyl (C=O) groups is 1. The molecule has 0 aliphatic rings. The largest absolute Gasteiger partial charge is 0.424 e. The van der Waals surface area contributed by atoms with Crippen molar-refractivity contribution >= 4 is 27.3 Å². The van der Waals surface area contributed by atoms with Crippen LogP contribution in [-0.4, -0.2) is 22.1 Å². The van der Waals surface area contributed by atoms with Crippen LogP contribution in [0.1, 0.15) is 21.8 Å². The van der Waals surface area contributed by atoms with Crippen LogP contribution in [0.5, 0.6) is 0 Å². The predicted octanol–water partition coefficient (Wildman–Crippen LogP) is 4.32. The Morgan fingerprint density at radius 3 is 2.29 bits per heavy atom. The van der Waals surface area contributed by atoms with Gasteiger partial charge in [0.25, 0.3) is 0 Å². The number of hydrogen-bond acceptors (Lipinski definition) is 4. The number of aliphatic hydroxyl groups is 1. The van der Waals surface area contributed by atoms with Crippen molar-refractivity contribution in [1.29, 1.82) is 0 Å². The SMILES string of the molecule is O=C(C[C@](O)(c1nc2ccccc2s1)C(F)(F)F)c1ccccc1. The molecule has 0 aliphatic carbocycles. The number of Topliss-reactive ketones (excluding diaryl/α,β-unsaturated/α-hetero) is 1. The van der Waals surface area contributed by atoms with Gasteiger partial charge in [-0.15, -0.1) is 11.3 Å². The molecular weight excluding hydrogens is 339 g/mol. The number of alkyl halides is 3. The zero-order valence-corrected chi connectivity index (χ0v) is 13.1. The minimum absolute atomic E-state index is 0.112. The monoisotopic (exact) mass is 351 g/mol. The number of benzene rings is 2. The van der Waals surface area contributed by atoms with Gasteiger partial charge in [0.1, 0.15) is 5.01 Å². The number of hydrogen-bond donors (Lipinski definition) is 1. The van der Waals surface area contributed by atoms with Gasteiger partial charge in [0.2, 0.25) is 5.60 Å². The van der Waals surface area contributed by atoms with Crippen LogP contribution in [0, 0.1) is 0 Å². The van der Waals surface area contributed by atoms with Gasteiger partial charge in [-0.2, -0.15) is 13.2 Å². The topological polar surface area (TPSA) is 50.2 Å². The fourth-order valence-electron chi connectivity index (χ4n) is 2.30. The molecule has 1 atom stereocenters. The molecule has 1 aromatic heterocycles. The number of carbonyl (C=O) groups excluding carboxylic acids is 1.